The molecule has 0 aliphatic rings. The van der Waals surface area contributed by atoms with E-state index in [1.807, 2.05) is 49.4 Å². The number of carbonyl (C=O) groups is 1. The summed E-state index contributed by atoms with van der Waals surface area (Å²) in [6.07, 6.45) is 15.5. The molecule has 3 aromatic carbocycles. The van der Waals surface area contributed by atoms with Gasteiger partial charge in [-0.3, -0.25) is 15.1 Å². The molecule has 1 heterocycles. The number of phenolic OH excluding ortho intramolecular Hbond substituents is 1. The van der Waals surface area contributed by atoms with Crippen LogP contribution in [0, 0.1) is 0 Å². The molecule has 0 aliphatic carbocycles. The van der Waals surface area contributed by atoms with Crippen LogP contribution in [0.5, 0.6) is 11.5 Å². The van der Waals surface area contributed by atoms with E-state index in [1.165, 1.54) is 75.5 Å². The van der Waals surface area contributed by atoms with Gasteiger partial charge in [0.1, 0.15) is 16.5 Å². The van der Waals surface area contributed by atoms with Crippen molar-refractivity contribution in [3.63, 3.8) is 0 Å². The summed E-state index contributed by atoms with van der Waals surface area (Å²) in [6, 6.07) is 16.6. The van der Waals surface area contributed by atoms with Crippen LogP contribution in [-0.4, -0.2) is 34.3 Å². The molecule has 1 aromatic heterocycles. The molecule has 0 atom stereocenters. The van der Waals surface area contributed by atoms with Crippen LogP contribution in [0.2, 0.25) is 0 Å². The largest absolute Gasteiger partial charge is 0.507 e. The minimum Gasteiger partial charge on any atom is -0.507 e. The molecule has 7 nitrogen and oxygen atoms in total. The third-order valence-corrected chi connectivity index (χ3v) is 8.53. The number of fused-ring (bicyclic) bond motifs is 1. The number of ketones is 1. The summed E-state index contributed by atoms with van der Waals surface area (Å²) in [6.45, 7) is 5.14. The van der Waals surface area contributed by atoms with Crippen LogP contribution in [-0.2, 0) is 4.84 Å². The molecule has 2 N–H and O–H groups in total. The second-order valence-corrected chi connectivity index (χ2v) is 11.9. The lowest BCUT2D eigenvalue weighted by atomic mass is 10.0. The number of nitrogens with one attached hydrogen (secondary N) is 1. The van der Waals surface area contributed by atoms with Crippen molar-refractivity contribution >= 4 is 33.6 Å². The van der Waals surface area contributed by atoms with Gasteiger partial charge in [-0.1, -0.05) is 131 Å². The molecule has 0 spiro atoms. The van der Waals surface area contributed by atoms with Crippen LogP contribution in [0.4, 0.5) is 5.69 Å². The first kappa shape index (κ1) is 32.4. The predicted molar refractivity (Wildman–Crippen MR) is 176 cm³/mol. The lowest BCUT2D eigenvalue weighted by molar-refractivity contribution is 0.103. The first-order chi connectivity index (χ1) is 21.1. The van der Waals surface area contributed by atoms with E-state index in [1.54, 1.807) is 12.1 Å². The third kappa shape index (κ3) is 9.25. The first-order valence-electron chi connectivity index (χ1n) is 15.9. The van der Waals surface area contributed by atoms with E-state index in [-0.39, 0.29) is 16.3 Å². The fraction of sp³-hybridized carbons (Fsp3) is 0.457. The maximum Gasteiger partial charge on any atom is 0.227 e. The maximum atomic E-state index is 13.5. The van der Waals surface area contributed by atoms with Gasteiger partial charge in [-0.25, -0.2) is 0 Å². The molecule has 0 bridgehead atoms. The van der Waals surface area contributed by atoms with Gasteiger partial charge in [0.05, 0.1) is 29.9 Å². The van der Waals surface area contributed by atoms with Gasteiger partial charge in [0.15, 0.2) is 5.01 Å². The summed E-state index contributed by atoms with van der Waals surface area (Å²) < 4.78 is 5.95. The number of aromatic hydroxyl groups is 1. The Morgan fingerprint density at radius 3 is 2.19 bits per heavy atom. The van der Waals surface area contributed by atoms with Crippen LogP contribution in [0.1, 0.15) is 106 Å². The molecule has 43 heavy (non-hydrogen) atoms. The van der Waals surface area contributed by atoms with Crippen LogP contribution in [0.3, 0.4) is 0 Å². The highest BCUT2D eigenvalue weighted by molar-refractivity contribution is 7.16. The Labute approximate surface area is 259 Å². The van der Waals surface area contributed by atoms with Crippen molar-refractivity contribution < 1.29 is 19.5 Å². The highest BCUT2D eigenvalue weighted by Crippen LogP contribution is 2.41. The SMILES string of the molecule is CCCCCCCCCCCCCCONc1cccc2c(O)c(C(=O)c3nnc(-c4ccccc4)s3)cc(OCC)c12. The van der Waals surface area contributed by atoms with Crippen molar-refractivity contribution in [1.29, 1.82) is 0 Å². The minimum atomic E-state index is -0.401. The summed E-state index contributed by atoms with van der Waals surface area (Å²) in [4.78, 5) is 19.3. The lowest BCUT2D eigenvalue weighted by Gasteiger charge is -2.16. The summed E-state index contributed by atoms with van der Waals surface area (Å²) in [5.74, 6) is -0.0327. The van der Waals surface area contributed by atoms with Gasteiger partial charge in [0, 0.05) is 10.9 Å². The Morgan fingerprint density at radius 2 is 1.51 bits per heavy atom. The van der Waals surface area contributed by atoms with Gasteiger partial charge < -0.3 is 9.84 Å². The Hall–Kier alpha value is -3.49. The van der Waals surface area contributed by atoms with E-state index in [0.717, 1.165) is 18.4 Å². The fourth-order valence-electron chi connectivity index (χ4n) is 5.23. The molecule has 8 heteroatoms. The van der Waals surface area contributed by atoms with Crippen molar-refractivity contribution in [2.45, 2.75) is 90.9 Å². The number of benzene rings is 3. The van der Waals surface area contributed by atoms with Crippen molar-refractivity contribution in [1.82, 2.24) is 10.2 Å². The second-order valence-electron chi connectivity index (χ2n) is 10.9. The van der Waals surface area contributed by atoms with Gasteiger partial charge in [-0.15, -0.1) is 10.2 Å². The van der Waals surface area contributed by atoms with E-state index in [4.69, 9.17) is 9.57 Å². The van der Waals surface area contributed by atoms with E-state index in [2.05, 4.69) is 22.6 Å². The zero-order valence-corrected chi connectivity index (χ0v) is 26.4. The number of nitrogens with zero attached hydrogens (tertiary/aromatic N) is 2. The predicted octanol–water partition coefficient (Wildman–Crippen LogP) is 9.74. The zero-order chi connectivity index (χ0) is 30.3. The molecule has 4 rings (SSSR count). The molecule has 0 unspecified atom stereocenters. The average molecular weight is 604 g/mol. The van der Waals surface area contributed by atoms with Gasteiger partial charge in [-0.2, -0.15) is 0 Å². The van der Waals surface area contributed by atoms with E-state index in [9.17, 15) is 9.90 Å². The number of hydrogen-bond donors (Lipinski definition) is 2. The van der Waals surface area contributed by atoms with Crippen LogP contribution in [0.25, 0.3) is 21.3 Å². The number of unbranched alkanes of at least 4 members (excludes halogenated alkanes) is 11. The van der Waals surface area contributed by atoms with Crippen LogP contribution in [0.15, 0.2) is 54.6 Å². The average Bonchev–Trinajstić information content (AvgIpc) is 3.53. The van der Waals surface area contributed by atoms with E-state index < -0.39 is 5.78 Å². The molecular weight excluding hydrogens is 558 g/mol. The summed E-state index contributed by atoms with van der Waals surface area (Å²) in [5.41, 5.74) is 4.75. The Bertz CT molecular complexity index is 1420. The molecule has 0 amide bonds. The second kappa shape index (κ2) is 17.6. The smallest absolute Gasteiger partial charge is 0.227 e. The molecular formula is C35H45N3O4S. The maximum absolute atomic E-state index is 13.5. The lowest BCUT2D eigenvalue weighted by Crippen LogP contribution is -2.06. The molecule has 0 saturated carbocycles. The van der Waals surface area contributed by atoms with E-state index >= 15 is 0 Å². The first-order valence-corrected chi connectivity index (χ1v) is 16.7. The number of anilines is 1. The van der Waals surface area contributed by atoms with Crippen molar-refractivity contribution in [3.8, 4) is 22.1 Å². The van der Waals surface area contributed by atoms with Gasteiger partial charge >= 0.3 is 0 Å². The minimum absolute atomic E-state index is 0.121. The number of carbonyl (C=O) groups excluding carboxylic acids is 1. The number of ether oxygens (including phenoxy) is 1. The molecule has 0 radical (unpaired) electrons. The monoisotopic (exact) mass is 603 g/mol. The Kier molecular flexibility index (Phi) is 13.3. The molecule has 0 aliphatic heterocycles. The quantitative estimate of drug-likeness (QED) is 0.0590. The number of aromatic nitrogens is 2. The Morgan fingerprint density at radius 1 is 0.837 bits per heavy atom. The molecule has 4 aromatic rings. The highest BCUT2D eigenvalue weighted by Gasteiger charge is 2.24. The molecule has 230 valence electrons. The number of hydrogen-bond acceptors (Lipinski definition) is 8. The fourth-order valence-corrected chi connectivity index (χ4v) is 6.03. The van der Waals surface area contributed by atoms with Crippen molar-refractivity contribution in [3.05, 3.63) is 65.2 Å². The van der Waals surface area contributed by atoms with Crippen molar-refractivity contribution in [2.75, 3.05) is 18.7 Å². The zero-order valence-electron chi connectivity index (χ0n) is 25.6. The topological polar surface area (TPSA) is 93.6 Å². The number of rotatable bonds is 20. The van der Waals surface area contributed by atoms with Crippen molar-refractivity contribution in [2.24, 2.45) is 0 Å². The summed E-state index contributed by atoms with van der Waals surface area (Å²) in [7, 11) is 0. The normalized spacial score (nSPS) is 11.2. The summed E-state index contributed by atoms with van der Waals surface area (Å²) in [5, 5.41) is 21.6. The molecule has 0 saturated heterocycles. The number of phenols is 1. The standard InChI is InChI=1S/C35H45N3O4S/c1-3-5-6-7-8-9-10-11-12-13-14-18-24-42-38-29-23-19-22-27-31(29)30(41-4-2)25-28(32(27)39)33(40)35-37-36-34(43-35)26-20-16-15-17-21-26/h15-17,19-23,25,38-39H,3-14,18,24H2,1-2H3. The van der Waals surface area contributed by atoms with Crippen LogP contribution < -0.4 is 10.2 Å². The summed E-state index contributed by atoms with van der Waals surface area (Å²) >= 11 is 1.20. The van der Waals surface area contributed by atoms with Gasteiger partial charge in [0.25, 0.3) is 0 Å². The van der Waals surface area contributed by atoms with Gasteiger partial charge in [-0.05, 0) is 25.5 Å². The third-order valence-electron chi connectivity index (χ3n) is 7.56. The van der Waals surface area contributed by atoms with Gasteiger partial charge in [0.2, 0.25) is 5.78 Å². The molecule has 0 fully saturated rings. The Balaban J connectivity index is 1.33. The van der Waals surface area contributed by atoms with Crippen LogP contribution >= 0.6 is 11.3 Å². The highest BCUT2D eigenvalue weighted by atomic mass is 32.1. The van der Waals surface area contributed by atoms with E-state index in [0.29, 0.717) is 40.4 Å².